The predicted molar refractivity (Wildman–Crippen MR) is 87.5 cm³/mol. The SMILES string of the molecule is CCOc1ccc(NC(=O)Cc2csc(N=C(N)N)n2)cc1. The molecule has 5 N–H and O–H groups in total. The Morgan fingerprint density at radius 1 is 1.36 bits per heavy atom. The first-order valence-corrected chi connectivity index (χ1v) is 7.51. The maximum Gasteiger partial charge on any atom is 0.230 e. The number of aromatic nitrogens is 1. The second kappa shape index (κ2) is 7.41. The molecule has 116 valence electrons. The average Bonchev–Trinajstić information content (AvgIpc) is 2.87. The first-order valence-electron chi connectivity index (χ1n) is 6.63. The second-order valence-electron chi connectivity index (χ2n) is 4.34. The monoisotopic (exact) mass is 319 g/mol. The van der Waals surface area contributed by atoms with Crippen molar-refractivity contribution in [3.63, 3.8) is 0 Å². The molecule has 0 aliphatic rings. The Morgan fingerprint density at radius 3 is 2.73 bits per heavy atom. The number of hydrogen-bond acceptors (Lipinski definition) is 5. The summed E-state index contributed by atoms with van der Waals surface area (Å²) in [5.41, 5.74) is 11.9. The van der Waals surface area contributed by atoms with Gasteiger partial charge in [-0.25, -0.2) is 4.98 Å². The number of hydrogen-bond donors (Lipinski definition) is 3. The molecule has 0 saturated heterocycles. The third kappa shape index (κ3) is 4.74. The van der Waals surface area contributed by atoms with Crippen molar-refractivity contribution in [1.82, 2.24) is 4.98 Å². The number of benzene rings is 1. The van der Waals surface area contributed by atoms with Gasteiger partial charge >= 0.3 is 0 Å². The van der Waals surface area contributed by atoms with Crippen molar-refractivity contribution in [2.45, 2.75) is 13.3 Å². The summed E-state index contributed by atoms with van der Waals surface area (Å²) < 4.78 is 5.34. The molecule has 8 heteroatoms. The van der Waals surface area contributed by atoms with Gasteiger partial charge in [0.25, 0.3) is 0 Å². The van der Waals surface area contributed by atoms with Crippen molar-refractivity contribution in [3.05, 3.63) is 35.3 Å². The van der Waals surface area contributed by atoms with E-state index in [-0.39, 0.29) is 18.3 Å². The lowest BCUT2D eigenvalue weighted by molar-refractivity contribution is -0.115. The highest BCUT2D eigenvalue weighted by Crippen LogP contribution is 2.19. The maximum atomic E-state index is 12.0. The predicted octanol–water partition coefficient (Wildman–Crippen LogP) is 1.63. The minimum Gasteiger partial charge on any atom is -0.494 e. The van der Waals surface area contributed by atoms with Gasteiger partial charge in [-0.05, 0) is 31.2 Å². The lowest BCUT2D eigenvalue weighted by Gasteiger charge is -2.06. The van der Waals surface area contributed by atoms with E-state index in [2.05, 4.69) is 15.3 Å². The lowest BCUT2D eigenvalue weighted by atomic mass is 10.2. The molecule has 2 rings (SSSR count). The van der Waals surface area contributed by atoms with Gasteiger partial charge in [-0.3, -0.25) is 4.79 Å². The van der Waals surface area contributed by atoms with Crippen LogP contribution in [0.15, 0.2) is 34.6 Å². The van der Waals surface area contributed by atoms with E-state index in [9.17, 15) is 4.79 Å². The number of rotatable bonds is 6. The molecule has 22 heavy (non-hydrogen) atoms. The number of nitrogens with one attached hydrogen (secondary N) is 1. The average molecular weight is 319 g/mol. The van der Waals surface area contributed by atoms with Crippen LogP contribution in [0, 0.1) is 0 Å². The highest BCUT2D eigenvalue weighted by molar-refractivity contribution is 7.13. The van der Waals surface area contributed by atoms with Crippen LogP contribution in [0.1, 0.15) is 12.6 Å². The highest BCUT2D eigenvalue weighted by Gasteiger charge is 2.08. The zero-order valence-electron chi connectivity index (χ0n) is 12.1. The Labute approximate surface area is 132 Å². The molecule has 0 atom stereocenters. The standard InChI is InChI=1S/C14H17N5O2S/c1-2-21-11-5-3-9(4-6-11)17-12(20)7-10-8-22-14(18-10)19-13(15)16/h3-6,8H,2,7H2,1H3,(H,17,20)(H4,15,16,18,19). The summed E-state index contributed by atoms with van der Waals surface area (Å²) in [6, 6.07) is 7.18. The molecule has 0 saturated carbocycles. The number of carbonyl (C=O) groups is 1. The Balaban J connectivity index is 1.92. The fourth-order valence-electron chi connectivity index (χ4n) is 1.71. The van der Waals surface area contributed by atoms with Crippen molar-refractivity contribution >= 4 is 34.0 Å². The highest BCUT2D eigenvalue weighted by atomic mass is 32.1. The quantitative estimate of drug-likeness (QED) is 0.553. The fraction of sp³-hybridized carbons (Fsp3) is 0.214. The summed E-state index contributed by atoms with van der Waals surface area (Å²) in [5.74, 6) is 0.548. The molecule has 0 radical (unpaired) electrons. The van der Waals surface area contributed by atoms with Crippen LogP contribution in [-0.2, 0) is 11.2 Å². The van der Waals surface area contributed by atoms with Gasteiger partial charge < -0.3 is 21.5 Å². The third-order valence-corrected chi connectivity index (χ3v) is 3.34. The molecule has 0 bridgehead atoms. The number of nitrogens with two attached hydrogens (primary N) is 2. The van der Waals surface area contributed by atoms with Gasteiger partial charge in [0.05, 0.1) is 18.7 Å². The number of anilines is 1. The molecule has 1 aromatic heterocycles. The molecular weight excluding hydrogens is 302 g/mol. The number of aliphatic imine (C=N–C) groups is 1. The number of thiazole rings is 1. The topological polar surface area (TPSA) is 116 Å². The first-order chi connectivity index (χ1) is 10.6. The number of amides is 1. The van der Waals surface area contributed by atoms with E-state index in [1.807, 2.05) is 6.92 Å². The Kier molecular flexibility index (Phi) is 5.31. The molecule has 1 amide bonds. The summed E-state index contributed by atoms with van der Waals surface area (Å²) in [4.78, 5) is 20.0. The molecule has 1 heterocycles. The van der Waals surface area contributed by atoms with Crippen LogP contribution < -0.4 is 21.5 Å². The number of ether oxygens (including phenoxy) is 1. The largest absolute Gasteiger partial charge is 0.494 e. The summed E-state index contributed by atoms with van der Waals surface area (Å²) in [6.45, 7) is 2.52. The van der Waals surface area contributed by atoms with Crippen molar-refractivity contribution in [2.75, 3.05) is 11.9 Å². The number of guanidine groups is 1. The third-order valence-electron chi connectivity index (χ3n) is 2.56. The normalized spacial score (nSPS) is 10.0. The first kappa shape index (κ1) is 15.8. The zero-order valence-corrected chi connectivity index (χ0v) is 12.9. The molecule has 0 aliphatic carbocycles. The van der Waals surface area contributed by atoms with E-state index in [0.717, 1.165) is 5.75 Å². The van der Waals surface area contributed by atoms with Crippen molar-refractivity contribution < 1.29 is 9.53 Å². The molecule has 1 aromatic carbocycles. The molecular formula is C14H17N5O2S. The van der Waals surface area contributed by atoms with Gasteiger partial charge in [-0.15, -0.1) is 11.3 Å². The van der Waals surface area contributed by atoms with E-state index in [1.165, 1.54) is 11.3 Å². The summed E-state index contributed by atoms with van der Waals surface area (Å²) in [5, 5.41) is 4.98. The van der Waals surface area contributed by atoms with Gasteiger partial charge in [0, 0.05) is 11.1 Å². The molecule has 0 unspecified atom stereocenters. The van der Waals surface area contributed by atoms with E-state index in [0.29, 0.717) is 23.1 Å². The lowest BCUT2D eigenvalue weighted by Crippen LogP contribution is -2.21. The van der Waals surface area contributed by atoms with Gasteiger partial charge in [0.2, 0.25) is 11.0 Å². The van der Waals surface area contributed by atoms with E-state index < -0.39 is 0 Å². The van der Waals surface area contributed by atoms with Gasteiger partial charge in [0.1, 0.15) is 5.75 Å². The van der Waals surface area contributed by atoms with Crippen LogP contribution in [0.25, 0.3) is 0 Å². The zero-order chi connectivity index (χ0) is 15.9. The van der Waals surface area contributed by atoms with E-state index >= 15 is 0 Å². The summed E-state index contributed by atoms with van der Waals surface area (Å²) >= 11 is 1.28. The van der Waals surface area contributed by atoms with Gasteiger partial charge in [-0.2, -0.15) is 4.99 Å². The smallest absolute Gasteiger partial charge is 0.230 e. The van der Waals surface area contributed by atoms with Crippen LogP contribution in [0.2, 0.25) is 0 Å². The van der Waals surface area contributed by atoms with Crippen LogP contribution in [0.4, 0.5) is 10.8 Å². The molecule has 2 aromatic rings. The number of nitrogens with zero attached hydrogens (tertiary/aromatic N) is 2. The van der Waals surface area contributed by atoms with Crippen LogP contribution in [0.5, 0.6) is 5.75 Å². The molecule has 0 fully saturated rings. The maximum absolute atomic E-state index is 12.0. The molecule has 7 nitrogen and oxygen atoms in total. The Hall–Kier alpha value is -2.61. The Bertz CT molecular complexity index is 662. The van der Waals surface area contributed by atoms with Crippen molar-refractivity contribution in [2.24, 2.45) is 16.5 Å². The van der Waals surface area contributed by atoms with E-state index in [4.69, 9.17) is 16.2 Å². The molecule has 0 spiro atoms. The van der Waals surface area contributed by atoms with Crippen LogP contribution in [0.3, 0.4) is 0 Å². The number of carbonyl (C=O) groups excluding carboxylic acids is 1. The summed E-state index contributed by atoms with van der Waals surface area (Å²) in [7, 11) is 0. The van der Waals surface area contributed by atoms with Crippen molar-refractivity contribution in [3.8, 4) is 5.75 Å². The minimum absolute atomic E-state index is 0.0558. The second-order valence-corrected chi connectivity index (χ2v) is 5.18. The summed E-state index contributed by atoms with van der Waals surface area (Å²) in [6.07, 6.45) is 0.156. The van der Waals surface area contributed by atoms with Gasteiger partial charge in [-0.1, -0.05) is 0 Å². The Morgan fingerprint density at radius 2 is 2.09 bits per heavy atom. The fourth-order valence-corrected chi connectivity index (χ4v) is 2.42. The van der Waals surface area contributed by atoms with Crippen LogP contribution >= 0.6 is 11.3 Å². The van der Waals surface area contributed by atoms with Gasteiger partial charge in [0.15, 0.2) is 5.96 Å². The van der Waals surface area contributed by atoms with E-state index in [1.54, 1.807) is 29.6 Å². The minimum atomic E-state index is -0.161. The van der Waals surface area contributed by atoms with Crippen molar-refractivity contribution in [1.29, 1.82) is 0 Å². The molecule has 0 aliphatic heterocycles. The van der Waals surface area contributed by atoms with Crippen LogP contribution in [-0.4, -0.2) is 23.5 Å².